The van der Waals surface area contributed by atoms with Gasteiger partial charge in [-0.1, -0.05) is 0 Å². The van der Waals surface area contributed by atoms with E-state index in [1.807, 2.05) is 6.07 Å². The highest BCUT2D eigenvalue weighted by molar-refractivity contribution is 5.64. The van der Waals surface area contributed by atoms with Gasteiger partial charge in [0.15, 0.2) is 0 Å². The van der Waals surface area contributed by atoms with Crippen LogP contribution < -0.4 is 9.64 Å². The molecule has 3 aromatic rings. The lowest BCUT2D eigenvalue weighted by atomic mass is 10.1. The van der Waals surface area contributed by atoms with Crippen molar-refractivity contribution in [3.05, 3.63) is 54.2 Å². The van der Waals surface area contributed by atoms with Crippen LogP contribution in [-0.4, -0.2) is 58.4 Å². The quantitative estimate of drug-likeness (QED) is 0.732. The Morgan fingerprint density at radius 1 is 1.14 bits per heavy atom. The molecule has 1 aliphatic rings. The third-order valence-corrected chi connectivity index (χ3v) is 4.98. The predicted octanol–water partition coefficient (Wildman–Crippen LogP) is 2.73. The van der Waals surface area contributed by atoms with Crippen molar-refractivity contribution in [2.45, 2.75) is 13.0 Å². The van der Waals surface area contributed by atoms with Gasteiger partial charge >= 0.3 is 0 Å². The van der Waals surface area contributed by atoms with Crippen LogP contribution >= 0.6 is 0 Å². The van der Waals surface area contributed by atoms with E-state index < -0.39 is 0 Å². The van der Waals surface area contributed by atoms with Crippen LogP contribution in [0.3, 0.4) is 0 Å². The minimum absolute atomic E-state index is 0.326. The highest BCUT2D eigenvalue weighted by Gasteiger charge is 2.19. The van der Waals surface area contributed by atoms with Gasteiger partial charge in [-0.25, -0.2) is 14.4 Å². The smallest absolute Gasteiger partial charge is 0.225 e. The summed E-state index contributed by atoms with van der Waals surface area (Å²) in [5.74, 6) is 0.944. The molecule has 3 heterocycles. The van der Waals surface area contributed by atoms with Crippen molar-refractivity contribution < 1.29 is 9.13 Å². The molecular weight excluding hydrogens is 359 g/mol. The molecule has 1 aliphatic heterocycles. The zero-order valence-corrected chi connectivity index (χ0v) is 15.8. The fourth-order valence-electron chi connectivity index (χ4n) is 3.51. The summed E-state index contributed by atoms with van der Waals surface area (Å²) >= 11 is 0. The number of H-pyrrole nitrogens is 1. The van der Waals surface area contributed by atoms with E-state index in [9.17, 15) is 4.39 Å². The van der Waals surface area contributed by atoms with Crippen molar-refractivity contribution in [3.8, 4) is 17.0 Å². The lowest BCUT2D eigenvalue weighted by Gasteiger charge is -2.21. The van der Waals surface area contributed by atoms with Crippen molar-refractivity contribution in [3.63, 3.8) is 0 Å². The number of anilines is 1. The Morgan fingerprint density at radius 2 is 2.00 bits per heavy atom. The fraction of sp³-hybridized carbons (Fsp3) is 0.350. The van der Waals surface area contributed by atoms with E-state index in [4.69, 9.17) is 4.74 Å². The Bertz CT molecular complexity index is 916. The summed E-state index contributed by atoms with van der Waals surface area (Å²) in [6, 6.07) is 6.70. The van der Waals surface area contributed by atoms with Gasteiger partial charge in [-0.2, -0.15) is 5.10 Å². The summed E-state index contributed by atoms with van der Waals surface area (Å²) in [7, 11) is 1.53. The van der Waals surface area contributed by atoms with E-state index >= 15 is 0 Å². The maximum Gasteiger partial charge on any atom is 0.225 e. The number of aromatic amines is 1. The number of hydrogen-bond acceptors (Lipinski definition) is 6. The van der Waals surface area contributed by atoms with E-state index in [0.29, 0.717) is 23.6 Å². The highest BCUT2D eigenvalue weighted by atomic mass is 19.1. The maximum atomic E-state index is 14.5. The second-order valence-corrected chi connectivity index (χ2v) is 6.78. The lowest BCUT2D eigenvalue weighted by Crippen LogP contribution is -2.31. The molecule has 28 heavy (non-hydrogen) atoms. The van der Waals surface area contributed by atoms with Crippen LogP contribution in [0.25, 0.3) is 11.3 Å². The van der Waals surface area contributed by atoms with Gasteiger partial charge < -0.3 is 9.64 Å². The van der Waals surface area contributed by atoms with E-state index in [0.717, 1.165) is 44.1 Å². The second-order valence-electron chi connectivity index (χ2n) is 6.78. The normalized spacial score (nSPS) is 15.4. The van der Waals surface area contributed by atoms with E-state index in [1.165, 1.54) is 13.2 Å². The molecule has 0 radical (unpaired) electrons. The summed E-state index contributed by atoms with van der Waals surface area (Å²) in [5.41, 5.74) is 2.20. The molecule has 0 amide bonds. The SMILES string of the molecule is COc1ccc(-c2[nH]ncc2CN2CCCN(c3ncccn3)CC2)c(F)c1. The molecule has 0 spiro atoms. The topological polar surface area (TPSA) is 70.2 Å². The van der Waals surface area contributed by atoms with Crippen LogP contribution in [0.5, 0.6) is 5.75 Å². The van der Waals surface area contributed by atoms with Crippen molar-refractivity contribution in [2.24, 2.45) is 0 Å². The summed E-state index contributed by atoms with van der Waals surface area (Å²) in [6.45, 7) is 4.33. The summed E-state index contributed by atoms with van der Waals surface area (Å²) in [4.78, 5) is 13.3. The second kappa shape index (κ2) is 8.35. The van der Waals surface area contributed by atoms with Crippen LogP contribution in [0.15, 0.2) is 42.9 Å². The predicted molar refractivity (Wildman–Crippen MR) is 105 cm³/mol. The third-order valence-electron chi connectivity index (χ3n) is 4.98. The van der Waals surface area contributed by atoms with Gasteiger partial charge in [-0.05, 0) is 24.6 Å². The van der Waals surface area contributed by atoms with Gasteiger partial charge in [0.25, 0.3) is 0 Å². The van der Waals surface area contributed by atoms with Gasteiger partial charge in [0.05, 0.1) is 19.0 Å². The van der Waals surface area contributed by atoms with Gasteiger partial charge in [0, 0.05) is 62.3 Å². The number of methoxy groups -OCH3 is 1. The number of benzene rings is 1. The molecule has 146 valence electrons. The van der Waals surface area contributed by atoms with Crippen LogP contribution in [-0.2, 0) is 6.54 Å². The number of nitrogens with one attached hydrogen (secondary N) is 1. The highest BCUT2D eigenvalue weighted by Crippen LogP contribution is 2.28. The summed E-state index contributed by atoms with van der Waals surface area (Å²) in [5, 5.41) is 7.11. The number of rotatable bonds is 5. The molecule has 1 aromatic carbocycles. The molecule has 1 fully saturated rings. The minimum atomic E-state index is -0.326. The standard InChI is InChI=1S/C20H23FN6O/c1-28-16-4-5-17(18(21)12-16)19-15(13-24-25-19)14-26-8-3-9-27(11-10-26)20-22-6-2-7-23-20/h2,4-7,12-13H,3,8-11,14H2,1H3,(H,24,25). The van der Waals surface area contributed by atoms with E-state index in [-0.39, 0.29) is 5.82 Å². The van der Waals surface area contributed by atoms with Crippen LogP contribution in [0.2, 0.25) is 0 Å². The molecule has 0 saturated carbocycles. The molecule has 8 heteroatoms. The fourth-order valence-corrected chi connectivity index (χ4v) is 3.51. The van der Waals surface area contributed by atoms with Crippen LogP contribution in [0.1, 0.15) is 12.0 Å². The molecule has 0 unspecified atom stereocenters. The van der Waals surface area contributed by atoms with E-state index in [1.54, 1.807) is 30.7 Å². The van der Waals surface area contributed by atoms with E-state index in [2.05, 4.69) is 30.0 Å². The lowest BCUT2D eigenvalue weighted by molar-refractivity contribution is 0.286. The van der Waals surface area contributed by atoms with Gasteiger partial charge in [-0.15, -0.1) is 0 Å². The van der Waals surface area contributed by atoms with Crippen molar-refractivity contribution >= 4 is 5.95 Å². The molecule has 4 rings (SSSR count). The summed E-state index contributed by atoms with van der Waals surface area (Å²) < 4.78 is 19.6. The zero-order chi connectivity index (χ0) is 19.3. The van der Waals surface area contributed by atoms with Gasteiger partial charge in [-0.3, -0.25) is 10.00 Å². The molecule has 1 N–H and O–H groups in total. The Labute approximate surface area is 163 Å². The molecule has 2 aromatic heterocycles. The summed E-state index contributed by atoms with van der Waals surface area (Å²) in [6.07, 6.45) is 6.34. The maximum absolute atomic E-state index is 14.5. The van der Waals surface area contributed by atoms with Crippen molar-refractivity contribution in [1.29, 1.82) is 0 Å². The first-order valence-electron chi connectivity index (χ1n) is 9.35. The Morgan fingerprint density at radius 3 is 2.79 bits per heavy atom. The first-order valence-corrected chi connectivity index (χ1v) is 9.35. The Hall–Kier alpha value is -3.00. The zero-order valence-electron chi connectivity index (χ0n) is 15.8. The molecule has 0 atom stereocenters. The minimum Gasteiger partial charge on any atom is -0.497 e. The largest absolute Gasteiger partial charge is 0.497 e. The Balaban J connectivity index is 1.46. The number of hydrogen-bond donors (Lipinski definition) is 1. The first kappa shape index (κ1) is 18.4. The average molecular weight is 382 g/mol. The van der Waals surface area contributed by atoms with Gasteiger partial charge in [0.2, 0.25) is 5.95 Å². The van der Waals surface area contributed by atoms with Gasteiger partial charge in [0.1, 0.15) is 11.6 Å². The molecule has 7 nitrogen and oxygen atoms in total. The monoisotopic (exact) mass is 382 g/mol. The number of nitrogens with zero attached hydrogens (tertiary/aromatic N) is 5. The molecule has 1 saturated heterocycles. The number of aromatic nitrogens is 4. The van der Waals surface area contributed by atoms with Crippen molar-refractivity contribution in [1.82, 2.24) is 25.1 Å². The third kappa shape index (κ3) is 3.96. The molecular formula is C20H23FN6O. The molecule has 0 bridgehead atoms. The first-order chi connectivity index (χ1) is 13.7. The average Bonchev–Trinajstić information content (AvgIpc) is 3.05. The van der Waals surface area contributed by atoms with Crippen molar-refractivity contribution in [2.75, 3.05) is 38.2 Å². The van der Waals surface area contributed by atoms with Crippen LogP contribution in [0.4, 0.5) is 10.3 Å². The number of halogens is 1. The van der Waals surface area contributed by atoms with Crippen LogP contribution in [0, 0.1) is 5.82 Å². The molecule has 0 aliphatic carbocycles. The Kier molecular flexibility index (Phi) is 5.48. The number of ether oxygens (including phenoxy) is 1.